The number of anilines is 1. The van der Waals surface area contributed by atoms with Crippen LogP contribution < -0.4 is 15.4 Å². The van der Waals surface area contributed by atoms with E-state index >= 15 is 0 Å². The van der Waals surface area contributed by atoms with Crippen LogP contribution in [0.25, 0.3) is 0 Å². The van der Waals surface area contributed by atoms with Crippen molar-refractivity contribution in [1.29, 1.82) is 0 Å². The van der Waals surface area contributed by atoms with Crippen LogP contribution in [0.3, 0.4) is 0 Å². The van der Waals surface area contributed by atoms with Gasteiger partial charge in [-0.1, -0.05) is 0 Å². The molecule has 2 rings (SSSR count). The molecule has 0 aliphatic heterocycles. The van der Waals surface area contributed by atoms with Gasteiger partial charge in [-0.05, 0) is 44.2 Å². The van der Waals surface area contributed by atoms with Gasteiger partial charge < -0.3 is 24.5 Å². The van der Waals surface area contributed by atoms with E-state index in [2.05, 4.69) is 15.4 Å². The Morgan fingerprint density at radius 2 is 1.92 bits per heavy atom. The van der Waals surface area contributed by atoms with Crippen LogP contribution in [0.15, 0.2) is 34.7 Å². The fraction of sp³-hybridized carbons (Fsp3) is 0.294. The highest BCUT2D eigenvalue weighted by Crippen LogP contribution is 2.17. The third-order valence-electron chi connectivity index (χ3n) is 3.22. The lowest BCUT2D eigenvalue weighted by atomic mass is 10.2. The number of amides is 2. The Bertz CT molecular complexity index is 706. The summed E-state index contributed by atoms with van der Waals surface area (Å²) in [7, 11) is 1.30. The molecule has 2 amide bonds. The maximum absolute atomic E-state index is 11.9. The quantitative estimate of drug-likeness (QED) is 0.793. The third kappa shape index (κ3) is 4.52. The number of hydrogen-bond donors (Lipinski definition) is 2. The van der Waals surface area contributed by atoms with Crippen LogP contribution in [0.5, 0.6) is 5.75 Å². The number of benzene rings is 1. The number of ether oxygens (including phenoxy) is 2. The van der Waals surface area contributed by atoms with Crippen molar-refractivity contribution in [1.82, 2.24) is 5.32 Å². The predicted molar refractivity (Wildman–Crippen MR) is 88.3 cm³/mol. The van der Waals surface area contributed by atoms with E-state index in [-0.39, 0.29) is 12.6 Å². The smallest absolute Gasteiger partial charge is 0.341 e. The second-order valence-electron chi connectivity index (χ2n) is 4.94. The summed E-state index contributed by atoms with van der Waals surface area (Å²) < 4.78 is 15.4. The zero-order valence-electron chi connectivity index (χ0n) is 13.8. The topological polar surface area (TPSA) is 89.8 Å². The number of esters is 1. The van der Waals surface area contributed by atoms with Gasteiger partial charge in [0.15, 0.2) is 0 Å². The van der Waals surface area contributed by atoms with Crippen molar-refractivity contribution in [2.75, 3.05) is 19.0 Å². The summed E-state index contributed by atoms with van der Waals surface area (Å²) in [4.78, 5) is 23.4. The van der Waals surface area contributed by atoms with Crippen LogP contribution >= 0.6 is 0 Å². The van der Waals surface area contributed by atoms with Crippen molar-refractivity contribution >= 4 is 17.7 Å². The van der Waals surface area contributed by atoms with Crippen molar-refractivity contribution in [2.24, 2.45) is 0 Å². The Morgan fingerprint density at radius 3 is 2.54 bits per heavy atom. The van der Waals surface area contributed by atoms with Gasteiger partial charge in [-0.3, -0.25) is 0 Å². The summed E-state index contributed by atoms with van der Waals surface area (Å²) >= 11 is 0. The van der Waals surface area contributed by atoms with E-state index in [1.165, 1.54) is 7.11 Å². The Kier molecular flexibility index (Phi) is 5.83. The Labute approximate surface area is 139 Å². The van der Waals surface area contributed by atoms with Gasteiger partial charge in [0, 0.05) is 5.69 Å². The van der Waals surface area contributed by atoms with E-state index in [1.54, 1.807) is 37.3 Å². The normalized spacial score (nSPS) is 10.1. The average molecular weight is 332 g/mol. The molecule has 2 aromatic rings. The lowest BCUT2D eigenvalue weighted by molar-refractivity contribution is 0.0598. The number of rotatable bonds is 6. The van der Waals surface area contributed by atoms with Crippen molar-refractivity contribution in [2.45, 2.75) is 20.4 Å². The monoisotopic (exact) mass is 332 g/mol. The van der Waals surface area contributed by atoms with Crippen LogP contribution in [0.4, 0.5) is 10.5 Å². The van der Waals surface area contributed by atoms with Gasteiger partial charge in [0.2, 0.25) is 0 Å². The molecule has 0 bridgehead atoms. The molecule has 0 unspecified atom stereocenters. The molecule has 128 valence electrons. The molecule has 0 radical (unpaired) electrons. The number of carbonyl (C=O) groups is 2. The van der Waals surface area contributed by atoms with E-state index in [4.69, 9.17) is 9.15 Å². The zero-order valence-corrected chi connectivity index (χ0v) is 13.8. The summed E-state index contributed by atoms with van der Waals surface area (Å²) in [6.07, 6.45) is 0. The first-order valence-electron chi connectivity index (χ1n) is 7.48. The van der Waals surface area contributed by atoms with Crippen LogP contribution in [0.1, 0.15) is 28.8 Å². The molecular formula is C17H20N2O5. The largest absolute Gasteiger partial charge is 0.494 e. The SMILES string of the molecule is CCOc1ccc(NC(=O)NCc2cc(C(=O)OC)c(C)o2)cc1. The molecule has 0 spiro atoms. The number of aryl methyl sites for hydroxylation is 1. The van der Waals surface area contributed by atoms with Gasteiger partial charge in [-0.15, -0.1) is 0 Å². The molecule has 0 fully saturated rings. The summed E-state index contributed by atoms with van der Waals surface area (Å²) in [5, 5.41) is 5.36. The van der Waals surface area contributed by atoms with E-state index in [0.29, 0.717) is 29.4 Å². The second kappa shape index (κ2) is 8.05. The Balaban J connectivity index is 1.88. The van der Waals surface area contributed by atoms with Crippen LogP contribution in [-0.2, 0) is 11.3 Å². The summed E-state index contributed by atoms with van der Waals surface area (Å²) in [5.41, 5.74) is 0.989. The van der Waals surface area contributed by atoms with Crippen LogP contribution in [0.2, 0.25) is 0 Å². The van der Waals surface area contributed by atoms with E-state index < -0.39 is 5.97 Å². The third-order valence-corrected chi connectivity index (χ3v) is 3.22. The van der Waals surface area contributed by atoms with E-state index in [9.17, 15) is 9.59 Å². The molecule has 7 heteroatoms. The molecule has 1 aromatic heterocycles. The number of carbonyl (C=O) groups excluding carboxylic acids is 2. The van der Waals surface area contributed by atoms with Gasteiger partial charge in [0.1, 0.15) is 22.8 Å². The lowest BCUT2D eigenvalue weighted by Gasteiger charge is -2.08. The fourth-order valence-electron chi connectivity index (χ4n) is 2.09. The number of methoxy groups -OCH3 is 1. The van der Waals surface area contributed by atoms with E-state index in [1.807, 2.05) is 6.92 Å². The second-order valence-corrected chi connectivity index (χ2v) is 4.94. The van der Waals surface area contributed by atoms with Gasteiger partial charge in [-0.2, -0.15) is 0 Å². The molecule has 2 N–H and O–H groups in total. The Morgan fingerprint density at radius 1 is 1.21 bits per heavy atom. The van der Waals surface area contributed by atoms with Gasteiger partial charge in [0.05, 0.1) is 20.3 Å². The maximum atomic E-state index is 11.9. The number of nitrogens with one attached hydrogen (secondary N) is 2. The van der Waals surface area contributed by atoms with Gasteiger partial charge >= 0.3 is 12.0 Å². The highest BCUT2D eigenvalue weighted by molar-refractivity contribution is 5.91. The first-order valence-corrected chi connectivity index (χ1v) is 7.48. The highest BCUT2D eigenvalue weighted by atomic mass is 16.5. The van der Waals surface area contributed by atoms with E-state index in [0.717, 1.165) is 5.75 Å². The van der Waals surface area contributed by atoms with Crippen LogP contribution in [-0.4, -0.2) is 25.7 Å². The number of hydrogen-bond acceptors (Lipinski definition) is 5. The van der Waals surface area contributed by atoms with Crippen molar-refractivity contribution in [3.8, 4) is 5.75 Å². The predicted octanol–water partition coefficient (Wildman–Crippen LogP) is 3.10. The van der Waals surface area contributed by atoms with Gasteiger partial charge in [0.25, 0.3) is 0 Å². The zero-order chi connectivity index (χ0) is 17.5. The summed E-state index contributed by atoms with van der Waals surface area (Å²) in [6, 6.07) is 8.22. The Hall–Kier alpha value is -2.96. The van der Waals surface area contributed by atoms with Crippen molar-refractivity contribution in [3.05, 3.63) is 47.4 Å². The van der Waals surface area contributed by atoms with Crippen molar-refractivity contribution < 1.29 is 23.5 Å². The first-order chi connectivity index (χ1) is 11.5. The molecule has 1 heterocycles. The maximum Gasteiger partial charge on any atom is 0.341 e. The molecule has 0 saturated carbocycles. The number of urea groups is 1. The summed E-state index contributed by atoms with van der Waals surface area (Å²) in [6.45, 7) is 4.31. The first kappa shape index (κ1) is 17.4. The molecule has 0 aliphatic carbocycles. The molecular weight excluding hydrogens is 312 g/mol. The van der Waals surface area contributed by atoms with Gasteiger partial charge in [-0.25, -0.2) is 9.59 Å². The highest BCUT2D eigenvalue weighted by Gasteiger charge is 2.15. The lowest BCUT2D eigenvalue weighted by Crippen LogP contribution is -2.27. The molecule has 0 aliphatic rings. The molecule has 1 aromatic carbocycles. The molecule has 24 heavy (non-hydrogen) atoms. The minimum atomic E-state index is -0.471. The summed E-state index contributed by atoms with van der Waals surface area (Å²) in [5.74, 6) is 1.19. The molecule has 0 atom stereocenters. The minimum absolute atomic E-state index is 0.153. The molecule has 7 nitrogen and oxygen atoms in total. The average Bonchev–Trinajstić information content (AvgIpc) is 2.95. The van der Waals surface area contributed by atoms with Crippen LogP contribution in [0, 0.1) is 6.92 Å². The van der Waals surface area contributed by atoms with Crippen molar-refractivity contribution in [3.63, 3.8) is 0 Å². The minimum Gasteiger partial charge on any atom is -0.494 e. The standard InChI is InChI=1S/C17H20N2O5/c1-4-23-13-7-5-12(6-8-13)19-17(21)18-10-14-9-15(11(2)24-14)16(20)22-3/h5-9H,4,10H2,1-3H3,(H2,18,19,21). The molecule has 0 saturated heterocycles. The fourth-order valence-corrected chi connectivity index (χ4v) is 2.09. The number of furan rings is 1.